The van der Waals surface area contributed by atoms with Crippen LogP contribution < -0.4 is 4.74 Å². The molecule has 0 amide bonds. The van der Waals surface area contributed by atoms with Crippen LogP contribution in [0.15, 0.2) is 12.1 Å². The van der Waals surface area contributed by atoms with E-state index in [4.69, 9.17) is 4.74 Å². The van der Waals surface area contributed by atoms with E-state index in [1.165, 1.54) is 0 Å². The Labute approximate surface area is 134 Å². The molecule has 0 unspecified atom stereocenters. The van der Waals surface area contributed by atoms with E-state index in [0.29, 0.717) is 5.56 Å². The fourth-order valence-corrected chi connectivity index (χ4v) is 2.97. The van der Waals surface area contributed by atoms with E-state index >= 15 is 0 Å². The number of hydrogen-bond acceptors (Lipinski definition) is 5. The fourth-order valence-electron chi connectivity index (χ4n) is 2.97. The Hall–Kier alpha value is -2.18. The summed E-state index contributed by atoms with van der Waals surface area (Å²) in [5, 5.41) is 10.9. The number of nitro groups is 1. The second-order valence-electron chi connectivity index (χ2n) is 5.73. The van der Waals surface area contributed by atoms with Crippen LogP contribution in [0.4, 0.5) is 14.9 Å². The van der Waals surface area contributed by atoms with Gasteiger partial charge in [0, 0.05) is 5.56 Å². The van der Waals surface area contributed by atoms with Gasteiger partial charge in [0.25, 0.3) is 0 Å². The number of halogens is 1. The third-order valence-electron chi connectivity index (χ3n) is 4.21. The van der Waals surface area contributed by atoms with Crippen molar-refractivity contribution < 1.29 is 23.6 Å². The molecule has 0 bridgehead atoms. The molecule has 0 saturated heterocycles. The molecular formula is C16H22FNO5. The SMILES string of the molecule is C.COC(=O)Oc1cc([N+](=O)[O-])c(F)cc1C1(C)CCCCC1. The van der Waals surface area contributed by atoms with Gasteiger partial charge in [-0.15, -0.1) is 0 Å². The summed E-state index contributed by atoms with van der Waals surface area (Å²) >= 11 is 0. The highest BCUT2D eigenvalue weighted by Crippen LogP contribution is 2.44. The fraction of sp³-hybridized carbons (Fsp3) is 0.562. The second-order valence-corrected chi connectivity index (χ2v) is 5.73. The van der Waals surface area contributed by atoms with Gasteiger partial charge in [0.1, 0.15) is 5.75 Å². The highest BCUT2D eigenvalue weighted by atomic mass is 19.1. The van der Waals surface area contributed by atoms with Gasteiger partial charge in [0.2, 0.25) is 5.82 Å². The minimum absolute atomic E-state index is 0. The maximum absolute atomic E-state index is 14.0. The summed E-state index contributed by atoms with van der Waals surface area (Å²) in [7, 11) is 1.14. The minimum Gasteiger partial charge on any atom is -0.437 e. The normalized spacial score (nSPS) is 16.1. The van der Waals surface area contributed by atoms with Crippen LogP contribution in [0.5, 0.6) is 5.75 Å². The van der Waals surface area contributed by atoms with E-state index < -0.39 is 22.6 Å². The highest BCUT2D eigenvalue weighted by Gasteiger charge is 2.34. The Morgan fingerprint density at radius 1 is 1.30 bits per heavy atom. The molecule has 1 aliphatic rings. The van der Waals surface area contributed by atoms with E-state index in [1.54, 1.807) is 0 Å². The zero-order valence-electron chi connectivity index (χ0n) is 12.6. The largest absolute Gasteiger partial charge is 0.513 e. The first-order valence-electron chi connectivity index (χ1n) is 7.11. The van der Waals surface area contributed by atoms with Gasteiger partial charge in [-0.05, 0) is 24.3 Å². The Morgan fingerprint density at radius 3 is 2.43 bits per heavy atom. The monoisotopic (exact) mass is 327 g/mol. The summed E-state index contributed by atoms with van der Waals surface area (Å²) in [6, 6.07) is 2.07. The van der Waals surface area contributed by atoms with E-state index in [-0.39, 0.29) is 18.6 Å². The molecule has 6 nitrogen and oxygen atoms in total. The maximum Gasteiger partial charge on any atom is 0.513 e. The molecule has 0 aromatic heterocycles. The summed E-state index contributed by atoms with van der Waals surface area (Å²) in [6.45, 7) is 1.96. The number of carbonyl (C=O) groups is 1. The summed E-state index contributed by atoms with van der Waals surface area (Å²) in [6.07, 6.45) is 3.68. The van der Waals surface area contributed by atoms with Gasteiger partial charge in [-0.1, -0.05) is 33.6 Å². The van der Waals surface area contributed by atoms with Crippen LogP contribution in [-0.4, -0.2) is 18.2 Å². The Morgan fingerprint density at radius 2 is 1.91 bits per heavy atom. The third kappa shape index (κ3) is 3.97. The first-order valence-corrected chi connectivity index (χ1v) is 7.11. The molecule has 23 heavy (non-hydrogen) atoms. The predicted molar refractivity (Wildman–Crippen MR) is 83.3 cm³/mol. The van der Waals surface area contributed by atoms with Gasteiger partial charge >= 0.3 is 11.8 Å². The number of carbonyl (C=O) groups excluding carboxylic acids is 1. The molecule has 2 rings (SSSR count). The molecule has 7 heteroatoms. The van der Waals surface area contributed by atoms with Crippen molar-refractivity contribution in [1.29, 1.82) is 0 Å². The molecular weight excluding hydrogens is 305 g/mol. The first kappa shape index (κ1) is 18.9. The lowest BCUT2D eigenvalue weighted by Gasteiger charge is -2.34. The summed E-state index contributed by atoms with van der Waals surface area (Å²) in [5.74, 6) is -0.937. The topological polar surface area (TPSA) is 78.7 Å². The van der Waals surface area contributed by atoms with Gasteiger partial charge in [-0.25, -0.2) is 4.79 Å². The van der Waals surface area contributed by atoms with Gasteiger partial charge < -0.3 is 9.47 Å². The summed E-state index contributed by atoms with van der Waals surface area (Å²) in [4.78, 5) is 21.4. The Kier molecular flexibility index (Phi) is 6.06. The number of benzene rings is 1. The van der Waals surface area contributed by atoms with Crippen LogP contribution in [0.1, 0.15) is 52.0 Å². The number of nitrogens with zero attached hydrogens (tertiary/aromatic N) is 1. The van der Waals surface area contributed by atoms with Crippen molar-refractivity contribution in [3.63, 3.8) is 0 Å². The lowest BCUT2D eigenvalue weighted by atomic mass is 9.70. The quantitative estimate of drug-likeness (QED) is 0.347. The van der Waals surface area contributed by atoms with Crippen molar-refractivity contribution in [3.8, 4) is 5.75 Å². The van der Waals surface area contributed by atoms with Crippen molar-refractivity contribution in [1.82, 2.24) is 0 Å². The van der Waals surface area contributed by atoms with Gasteiger partial charge in [0.05, 0.1) is 18.1 Å². The van der Waals surface area contributed by atoms with Crippen molar-refractivity contribution in [2.75, 3.05) is 7.11 Å². The smallest absolute Gasteiger partial charge is 0.437 e. The van der Waals surface area contributed by atoms with Gasteiger partial charge in [-0.2, -0.15) is 4.39 Å². The van der Waals surface area contributed by atoms with Crippen LogP contribution in [0.2, 0.25) is 0 Å². The van der Waals surface area contributed by atoms with Crippen LogP contribution in [0.3, 0.4) is 0 Å². The van der Waals surface area contributed by atoms with E-state index in [9.17, 15) is 19.3 Å². The number of nitro benzene ring substituents is 1. The van der Waals surface area contributed by atoms with Gasteiger partial charge in [0.15, 0.2) is 0 Å². The van der Waals surface area contributed by atoms with Crippen LogP contribution in [0, 0.1) is 15.9 Å². The molecule has 0 atom stereocenters. The standard InChI is InChI=1S/C15H18FNO5.CH4/c1-15(6-4-3-5-7-15)10-8-11(16)12(17(19)20)9-13(10)22-14(18)21-2;/h8-9H,3-7H2,1-2H3;1H4. The second kappa shape index (κ2) is 7.39. The molecule has 1 aliphatic carbocycles. The molecule has 1 fully saturated rings. The molecule has 0 heterocycles. The highest BCUT2D eigenvalue weighted by molar-refractivity contribution is 5.65. The first-order chi connectivity index (χ1) is 10.4. The molecule has 0 radical (unpaired) electrons. The molecule has 128 valence electrons. The molecule has 1 saturated carbocycles. The lowest BCUT2D eigenvalue weighted by molar-refractivity contribution is -0.387. The number of methoxy groups -OCH3 is 1. The van der Waals surface area contributed by atoms with Gasteiger partial charge in [-0.3, -0.25) is 10.1 Å². The molecule has 0 spiro atoms. The average Bonchev–Trinajstić information content (AvgIpc) is 2.48. The lowest BCUT2D eigenvalue weighted by Crippen LogP contribution is -2.26. The summed E-state index contributed by atoms with van der Waals surface area (Å²) in [5.41, 5.74) is -0.625. The molecule has 1 aromatic carbocycles. The van der Waals surface area contributed by atoms with E-state index in [2.05, 4.69) is 4.74 Å². The Balaban J connectivity index is 0.00000264. The van der Waals surface area contributed by atoms with Crippen molar-refractivity contribution in [2.24, 2.45) is 0 Å². The molecule has 1 aromatic rings. The number of hydrogen-bond donors (Lipinski definition) is 0. The molecule has 0 N–H and O–H groups in total. The number of rotatable bonds is 3. The maximum atomic E-state index is 14.0. The van der Waals surface area contributed by atoms with Crippen molar-refractivity contribution in [2.45, 2.75) is 51.9 Å². The predicted octanol–water partition coefficient (Wildman–Crippen LogP) is 4.74. The molecule has 0 aliphatic heterocycles. The third-order valence-corrected chi connectivity index (χ3v) is 4.21. The minimum atomic E-state index is -0.985. The van der Waals surface area contributed by atoms with E-state index in [0.717, 1.165) is 51.3 Å². The Bertz CT molecular complexity index is 596. The summed E-state index contributed by atoms with van der Waals surface area (Å²) < 4.78 is 23.5. The van der Waals surface area contributed by atoms with Crippen LogP contribution in [-0.2, 0) is 10.2 Å². The average molecular weight is 327 g/mol. The van der Waals surface area contributed by atoms with Crippen molar-refractivity contribution >= 4 is 11.8 Å². The number of ether oxygens (including phenoxy) is 2. The van der Waals surface area contributed by atoms with E-state index in [1.807, 2.05) is 6.92 Å². The van der Waals surface area contributed by atoms with Crippen LogP contribution in [0.25, 0.3) is 0 Å². The van der Waals surface area contributed by atoms with Crippen LogP contribution >= 0.6 is 0 Å². The zero-order valence-corrected chi connectivity index (χ0v) is 12.6. The zero-order chi connectivity index (χ0) is 16.3. The van der Waals surface area contributed by atoms with Crippen molar-refractivity contribution in [3.05, 3.63) is 33.6 Å².